The van der Waals surface area contributed by atoms with Gasteiger partial charge in [-0.2, -0.15) is 0 Å². The summed E-state index contributed by atoms with van der Waals surface area (Å²) in [4.78, 5) is 12.0. The number of benzene rings is 1. The lowest BCUT2D eigenvalue weighted by atomic mass is 10.0. The molecule has 154 valence electrons. The maximum atomic E-state index is 12.0. The van der Waals surface area contributed by atoms with Crippen LogP contribution in [0.5, 0.6) is 0 Å². The second kappa shape index (κ2) is 10.6. The zero-order valence-corrected chi connectivity index (χ0v) is 19.4. The fourth-order valence-electron chi connectivity index (χ4n) is 2.49. The van der Waals surface area contributed by atoms with Crippen LogP contribution in [0.25, 0.3) is 5.57 Å². The maximum Gasteiger partial charge on any atom is 0.335 e. The smallest absolute Gasteiger partial charge is 0.335 e. The van der Waals surface area contributed by atoms with E-state index in [-0.39, 0.29) is 11.1 Å². The number of hydrogen-bond acceptors (Lipinski definition) is 3. The van der Waals surface area contributed by atoms with Crippen molar-refractivity contribution in [1.29, 1.82) is 0 Å². The lowest BCUT2D eigenvalue weighted by molar-refractivity contribution is -0.137. The predicted octanol–water partition coefficient (Wildman–Crippen LogP) is 6.55. The van der Waals surface area contributed by atoms with Crippen molar-refractivity contribution >= 4 is 19.9 Å². The first-order chi connectivity index (χ1) is 13.0. The number of carbonyl (C=O) groups excluding carboxylic acids is 1. The minimum absolute atomic E-state index is 0.0645. The Kier molecular flexibility index (Phi) is 9.12. The average molecular weight is 401 g/mol. The molecule has 1 unspecified atom stereocenters. The summed E-state index contributed by atoms with van der Waals surface area (Å²) in [6.07, 6.45) is 6.39. The highest BCUT2D eigenvalue weighted by molar-refractivity contribution is 6.74. The number of ether oxygens (including phenoxy) is 1. The van der Waals surface area contributed by atoms with E-state index in [1.165, 1.54) is 7.11 Å². The summed E-state index contributed by atoms with van der Waals surface area (Å²) in [5.74, 6) is -0.392. The van der Waals surface area contributed by atoms with Crippen LogP contribution in [-0.4, -0.2) is 27.5 Å². The highest BCUT2D eigenvalue weighted by Gasteiger charge is 2.40. The quantitative estimate of drug-likeness (QED) is 0.147. The lowest BCUT2D eigenvalue weighted by Gasteiger charge is -2.39. The summed E-state index contributed by atoms with van der Waals surface area (Å²) in [5.41, 5.74) is 2.52. The molecule has 0 aromatic heterocycles. The van der Waals surface area contributed by atoms with E-state index in [0.717, 1.165) is 30.4 Å². The minimum atomic E-state index is -2.02. The molecule has 0 spiro atoms. The molecular formula is C24H36O3Si. The van der Waals surface area contributed by atoms with Crippen LogP contribution in [0.3, 0.4) is 0 Å². The molecule has 0 radical (unpaired) electrons. The molecule has 1 aromatic rings. The number of rotatable bonds is 10. The van der Waals surface area contributed by atoms with Crippen LogP contribution in [-0.2, 0) is 14.0 Å². The first-order valence-electron chi connectivity index (χ1n) is 9.85. The molecule has 0 aliphatic rings. The predicted molar refractivity (Wildman–Crippen MR) is 122 cm³/mol. The fraction of sp³-hybridized carbons (Fsp3) is 0.458. The summed E-state index contributed by atoms with van der Waals surface area (Å²) in [6.45, 7) is 19.0. The number of allylic oxidation sites excluding steroid dienone is 3. The van der Waals surface area contributed by atoms with Gasteiger partial charge in [0, 0.05) is 0 Å². The van der Waals surface area contributed by atoms with E-state index in [0.29, 0.717) is 5.57 Å². The van der Waals surface area contributed by atoms with E-state index >= 15 is 0 Å². The van der Waals surface area contributed by atoms with Crippen molar-refractivity contribution in [3.63, 3.8) is 0 Å². The molecule has 0 heterocycles. The Hall–Kier alpha value is -1.91. The Labute approximate surface area is 172 Å². The zero-order chi connectivity index (χ0) is 21.4. The highest BCUT2D eigenvalue weighted by Crippen LogP contribution is 2.38. The maximum absolute atomic E-state index is 12.0. The van der Waals surface area contributed by atoms with Crippen LogP contribution in [0, 0.1) is 0 Å². The summed E-state index contributed by atoms with van der Waals surface area (Å²) >= 11 is 0. The van der Waals surface area contributed by atoms with Gasteiger partial charge >= 0.3 is 5.97 Å². The second-order valence-corrected chi connectivity index (χ2v) is 13.4. The van der Waals surface area contributed by atoms with E-state index in [1.807, 2.05) is 24.3 Å². The molecule has 3 nitrogen and oxygen atoms in total. The van der Waals surface area contributed by atoms with Crippen molar-refractivity contribution in [2.24, 2.45) is 0 Å². The Bertz CT molecular complexity index is 696. The average Bonchev–Trinajstić information content (AvgIpc) is 2.65. The third-order valence-corrected chi connectivity index (χ3v) is 9.87. The molecular weight excluding hydrogens is 364 g/mol. The summed E-state index contributed by atoms with van der Waals surface area (Å²) in [7, 11) is -0.637. The summed E-state index contributed by atoms with van der Waals surface area (Å²) in [5, 5.41) is 0.0645. The molecule has 0 N–H and O–H groups in total. The highest BCUT2D eigenvalue weighted by atomic mass is 28.4. The fourth-order valence-corrected chi connectivity index (χ4v) is 3.82. The molecule has 1 rings (SSSR count). The third kappa shape index (κ3) is 7.25. The van der Waals surface area contributed by atoms with Crippen molar-refractivity contribution in [2.45, 2.75) is 64.3 Å². The van der Waals surface area contributed by atoms with E-state index < -0.39 is 14.3 Å². The molecule has 0 aliphatic heterocycles. The molecule has 1 aromatic carbocycles. The van der Waals surface area contributed by atoms with Crippen LogP contribution in [0.2, 0.25) is 18.1 Å². The molecule has 0 aliphatic carbocycles. The second-order valence-electron chi connectivity index (χ2n) is 8.61. The monoisotopic (exact) mass is 400 g/mol. The molecule has 0 saturated carbocycles. The lowest BCUT2D eigenvalue weighted by Crippen LogP contribution is -2.45. The number of esters is 1. The van der Waals surface area contributed by atoms with Crippen molar-refractivity contribution in [1.82, 2.24) is 0 Å². The standard InChI is InChI=1S/C24H36O3Si/c1-19(21-16-12-10-13-17-21)15-11-9-14-18-22(20(2)23(25)26-6)27-28(7,8)24(3,4)5/h10-13,15-17,22H,1-2,9,14,18H2,3-8H3/b15-11-. The Morgan fingerprint density at radius 2 is 1.79 bits per heavy atom. The number of carbonyl (C=O) groups is 1. The van der Waals surface area contributed by atoms with Crippen LogP contribution in [0.4, 0.5) is 0 Å². The summed E-state index contributed by atoms with van der Waals surface area (Å²) < 4.78 is 11.4. The first kappa shape index (κ1) is 24.1. The van der Waals surface area contributed by atoms with Crippen LogP contribution < -0.4 is 0 Å². The van der Waals surface area contributed by atoms with E-state index in [2.05, 4.69) is 65.2 Å². The van der Waals surface area contributed by atoms with Gasteiger partial charge in [0.2, 0.25) is 0 Å². The third-order valence-electron chi connectivity index (χ3n) is 5.38. The molecule has 28 heavy (non-hydrogen) atoms. The van der Waals surface area contributed by atoms with E-state index in [9.17, 15) is 4.79 Å². The normalized spacial score (nSPS) is 13.4. The van der Waals surface area contributed by atoms with Gasteiger partial charge < -0.3 is 9.16 Å². The summed E-state index contributed by atoms with van der Waals surface area (Å²) in [6, 6.07) is 10.1. The van der Waals surface area contributed by atoms with E-state index in [4.69, 9.17) is 9.16 Å². The van der Waals surface area contributed by atoms with Gasteiger partial charge in [-0.25, -0.2) is 4.79 Å². The van der Waals surface area contributed by atoms with Gasteiger partial charge in [0.05, 0.1) is 18.8 Å². The van der Waals surface area contributed by atoms with E-state index in [1.54, 1.807) is 0 Å². The molecule has 0 fully saturated rings. The largest absolute Gasteiger partial charge is 0.466 e. The van der Waals surface area contributed by atoms with Crippen LogP contribution in [0.15, 0.2) is 61.2 Å². The molecule has 0 bridgehead atoms. The van der Waals surface area contributed by atoms with Crippen LogP contribution >= 0.6 is 0 Å². The van der Waals surface area contributed by atoms with Gasteiger partial charge in [-0.1, -0.05) is 76.4 Å². The Morgan fingerprint density at radius 1 is 1.18 bits per heavy atom. The van der Waals surface area contributed by atoms with Gasteiger partial charge in [0.1, 0.15) is 0 Å². The first-order valence-corrected chi connectivity index (χ1v) is 12.8. The van der Waals surface area contributed by atoms with Crippen molar-refractivity contribution in [3.05, 3.63) is 66.8 Å². The topological polar surface area (TPSA) is 35.5 Å². The van der Waals surface area contributed by atoms with Crippen molar-refractivity contribution in [2.75, 3.05) is 7.11 Å². The number of methoxy groups -OCH3 is 1. The van der Waals surface area contributed by atoms with Gasteiger partial charge in [-0.3, -0.25) is 0 Å². The van der Waals surface area contributed by atoms with Crippen molar-refractivity contribution < 1.29 is 14.0 Å². The van der Waals surface area contributed by atoms with Gasteiger partial charge in [0.25, 0.3) is 0 Å². The van der Waals surface area contributed by atoms with Crippen molar-refractivity contribution in [3.8, 4) is 0 Å². The van der Waals surface area contributed by atoms with Crippen LogP contribution in [0.1, 0.15) is 45.6 Å². The van der Waals surface area contributed by atoms with Gasteiger partial charge in [-0.05, 0) is 48.5 Å². The minimum Gasteiger partial charge on any atom is -0.466 e. The Balaban J connectivity index is 2.69. The van der Waals surface area contributed by atoms with Gasteiger partial charge in [-0.15, -0.1) is 0 Å². The van der Waals surface area contributed by atoms with Gasteiger partial charge in [0.15, 0.2) is 8.32 Å². The Morgan fingerprint density at radius 3 is 2.32 bits per heavy atom. The SMILES string of the molecule is C=C(/C=C\CCCC(O[Si](C)(C)C(C)(C)C)C(=C)C(=O)OC)c1ccccc1. The molecule has 0 saturated heterocycles. The molecule has 4 heteroatoms. The number of hydrogen-bond donors (Lipinski definition) is 0. The molecule has 1 atom stereocenters. The zero-order valence-electron chi connectivity index (χ0n) is 18.4. The molecule has 0 amide bonds. The number of unbranched alkanes of at least 4 members (excludes halogenated alkanes) is 1.